The first-order valence-electron chi connectivity index (χ1n) is 8.45. The zero-order chi connectivity index (χ0) is 17.4. The van der Waals surface area contributed by atoms with Gasteiger partial charge in [-0.1, -0.05) is 30.3 Å². The van der Waals surface area contributed by atoms with Crippen molar-refractivity contribution in [1.29, 1.82) is 0 Å². The van der Waals surface area contributed by atoms with Crippen molar-refractivity contribution in [2.75, 3.05) is 26.7 Å². The molecule has 4 nitrogen and oxygen atoms in total. The Morgan fingerprint density at radius 1 is 1.12 bits per heavy atom. The van der Waals surface area contributed by atoms with Crippen molar-refractivity contribution in [2.45, 2.75) is 19.9 Å². The number of benzene rings is 2. The molecule has 128 valence electrons. The van der Waals surface area contributed by atoms with Crippen LogP contribution in [0.2, 0.25) is 0 Å². The smallest absolute Gasteiger partial charge is 0.133 e. The van der Waals surface area contributed by atoms with Gasteiger partial charge >= 0.3 is 0 Å². The second kappa shape index (κ2) is 9.08. The van der Waals surface area contributed by atoms with Gasteiger partial charge in [-0.25, -0.2) is 0 Å². The molecular weight excluding hydrogens is 300 g/mol. The molecule has 4 heteroatoms. The van der Waals surface area contributed by atoms with Crippen LogP contribution >= 0.6 is 0 Å². The Balaban J connectivity index is 2.18. The van der Waals surface area contributed by atoms with Gasteiger partial charge in [0.05, 0.1) is 26.7 Å². The summed E-state index contributed by atoms with van der Waals surface area (Å²) in [7, 11) is 1.61. The molecule has 0 aromatic heterocycles. The topological polar surface area (TPSA) is 46.3 Å². The average molecular weight is 327 g/mol. The van der Waals surface area contributed by atoms with Crippen LogP contribution in [0, 0.1) is 0 Å². The van der Waals surface area contributed by atoms with Crippen LogP contribution in [0.4, 0.5) is 0 Å². The predicted octanol–water partition coefficient (Wildman–Crippen LogP) is 2.49. The maximum Gasteiger partial charge on any atom is 0.133 e. The van der Waals surface area contributed by atoms with E-state index in [-0.39, 0.29) is 5.75 Å². The van der Waals surface area contributed by atoms with E-state index in [1.165, 1.54) is 10.5 Å². The maximum atomic E-state index is 9.96. The summed E-state index contributed by atoms with van der Waals surface area (Å²) in [5.74, 6) is 0.925. The third-order valence-corrected chi connectivity index (χ3v) is 4.36. The highest BCUT2D eigenvalue weighted by atomic mass is 16.5. The lowest BCUT2D eigenvalue weighted by Gasteiger charge is -2.25. The number of phenols is 1. The fraction of sp³-hybridized carbons (Fsp3) is 0.350. The van der Waals surface area contributed by atoms with Crippen LogP contribution in [0.5, 0.6) is 11.5 Å². The lowest BCUT2D eigenvalue weighted by molar-refractivity contribution is -0.926. The second-order valence-corrected chi connectivity index (χ2v) is 5.75. The number of phenolic OH excluding ortho intramolecular Hbond substituents is 1. The largest absolute Gasteiger partial charge is 0.507 e. The van der Waals surface area contributed by atoms with Gasteiger partial charge in [0.15, 0.2) is 0 Å². The molecule has 0 radical (unpaired) electrons. The lowest BCUT2D eigenvalue weighted by Crippen LogP contribution is -3.12. The summed E-state index contributed by atoms with van der Waals surface area (Å²) >= 11 is 0. The van der Waals surface area contributed by atoms with Gasteiger partial charge in [0.1, 0.15) is 17.5 Å². The van der Waals surface area contributed by atoms with E-state index in [1.807, 2.05) is 6.07 Å². The Morgan fingerprint density at radius 3 is 2.46 bits per heavy atom. The van der Waals surface area contributed by atoms with E-state index in [9.17, 15) is 5.11 Å². The third kappa shape index (κ3) is 4.59. The zero-order valence-electron chi connectivity index (χ0n) is 14.7. The number of aromatic hydroxyl groups is 1. The predicted molar refractivity (Wildman–Crippen MR) is 98.3 cm³/mol. The summed E-state index contributed by atoms with van der Waals surface area (Å²) in [5.41, 5.74) is 1.97. The van der Waals surface area contributed by atoms with Crippen LogP contribution in [-0.2, 0) is 0 Å². The summed E-state index contributed by atoms with van der Waals surface area (Å²) in [4.78, 5) is 6.10. The van der Waals surface area contributed by atoms with Gasteiger partial charge in [-0.3, -0.25) is 4.99 Å². The number of hydrogen-bond acceptors (Lipinski definition) is 3. The van der Waals surface area contributed by atoms with Gasteiger partial charge in [-0.05, 0) is 32.0 Å². The van der Waals surface area contributed by atoms with Gasteiger partial charge < -0.3 is 14.7 Å². The first-order chi connectivity index (χ1) is 11.7. The molecule has 2 aromatic rings. The van der Waals surface area contributed by atoms with Crippen LogP contribution in [0.25, 0.3) is 0 Å². The number of rotatable bonds is 8. The van der Waals surface area contributed by atoms with Crippen molar-refractivity contribution in [3.63, 3.8) is 0 Å². The number of nitrogens with one attached hydrogen (secondary N) is 1. The third-order valence-electron chi connectivity index (χ3n) is 4.36. The highest BCUT2D eigenvalue weighted by Gasteiger charge is 2.20. The highest BCUT2D eigenvalue weighted by Crippen LogP contribution is 2.21. The van der Waals surface area contributed by atoms with Crippen molar-refractivity contribution < 1.29 is 14.7 Å². The van der Waals surface area contributed by atoms with E-state index in [4.69, 9.17) is 4.74 Å². The normalized spacial score (nSPS) is 12.7. The molecule has 0 saturated heterocycles. The molecule has 2 aromatic carbocycles. The van der Waals surface area contributed by atoms with Gasteiger partial charge in [-0.2, -0.15) is 0 Å². The molecule has 24 heavy (non-hydrogen) atoms. The number of hydrogen-bond donors (Lipinski definition) is 2. The van der Waals surface area contributed by atoms with Crippen LogP contribution in [0.15, 0.2) is 53.5 Å². The van der Waals surface area contributed by atoms with Crippen molar-refractivity contribution in [1.82, 2.24) is 0 Å². The van der Waals surface area contributed by atoms with Gasteiger partial charge in [0.2, 0.25) is 0 Å². The fourth-order valence-corrected chi connectivity index (χ4v) is 2.92. The quantitative estimate of drug-likeness (QED) is 0.732. The highest BCUT2D eigenvalue weighted by molar-refractivity contribution is 5.84. The SMILES string of the molecule is CC[NH+](CC)[C@@H](CN=Cc1cc(OC)ccc1O)c1ccccc1. The van der Waals surface area contributed by atoms with Gasteiger partial charge in [0.25, 0.3) is 0 Å². The Labute approximate surface area is 144 Å². The Bertz CT molecular complexity index is 652. The molecule has 0 unspecified atom stereocenters. The number of methoxy groups -OCH3 is 1. The molecule has 0 amide bonds. The summed E-state index contributed by atoms with van der Waals surface area (Å²) in [6.45, 7) is 7.18. The fourth-order valence-electron chi connectivity index (χ4n) is 2.92. The monoisotopic (exact) mass is 327 g/mol. The number of nitrogens with zero attached hydrogens (tertiary/aromatic N) is 1. The van der Waals surface area contributed by atoms with E-state index in [0.717, 1.165) is 13.1 Å². The standard InChI is InChI=1S/C20H26N2O2/c1-4-22(5-2)19(16-9-7-6-8-10-16)15-21-14-17-13-18(24-3)11-12-20(17)23/h6-14,19,23H,4-5,15H2,1-3H3/p+1/t19-/m0/s1. The van der Waals surface area contributed by atoms with Crippen molar-refractivity contribution >= 4 is 6.21 Å². The van der Waals surface area contributed by atoms with E-state index in [2.05, 4.69) is 43.1 Å². The summed E-state index contributed by atoms with van der Waals surface area (Å²) in [6.07, 6.45) is 1.73. The zero-order valence-corrected chi connectivity index (χ0v) is 14.7. The molecule has 0 bridgehead atoms. The van der Waals surface area contributed by atoms with Crippen LogP contribution in [0.3, 0.4) is 0 Å². The van der Waals surface area contributed by atoms with Crippen LogP contribution < -0.4 is 9.64 Å². The summed E-state index contributed by atoms with van der Waals surface area (Å²) in [6, 6.07) is 16.0. The summed E-state index contributed by atoms with van der Waals surface area (Å²) < 4.78 is 5.20. The lowest BCUT2D eigenvalue weighted by atomic mass is 10.1. The first-order valence-corrected chi connectivity index (χ1v) is 8.45. The van der Waals surface area contributed by atoms with E-state index in [1.54, 1.807) is 31.5 Å². The molecule has 2 rings (SSSR count). The van der Waals surface area contributed by atoms with Gasteiger partial charge in [0, 0.05) is 17.3 Å². The van der Waals surface area contributed by atoms with Crippen molar-refractivity contribution in [2.24, 2.45) is 4.99 Å². The number of likely N-dealkylation sites (N-methyl/N-ethyl adjacent to an activating group) is 1. The molecule has 1 atom stereocenters. The van der Waals surface area contributed by atoms with E-state index in [0.29, 0.717) is 23.9 Å². The molecule has 0 fully saturated rings. The summed E-state index contributed by atoms with van der Waals surface area (Å²) in [5, 5.41) is 9.96. The minimum absolute atomic E-state index is 0.214. The molecule has 2 N–H and O–H groups in total. The van der Waals surface area contributed by atoms with E-state index < -0.39 is 0 Å². The van der Waals surface area contributed by atoms with Gasteiger partial charge in [-0.15, -0.1) is 0 Å². The second-order valence-electron chi connectivity index (χ2n) is 5.75. The number of quaternary nitrogens is 1. The van der Waals surface area contributed by atoms with Crippen LogP contribution in [-0.4, -0.2) is 38.1 Å². The molecule has 0 aliphatic rings. The van der Waals surface area contributed by atoms with Crippen molar-refractivity contribution in [3.8, 4) is 11.5 Å². The molecule has 0 saturated carbocycles. The maximum absolute atomic E-state index is 9.96. The molecule has 0 aliphatic heterocycles. The first kappa shape index (κ1) is 18.0. The minimum Gasteiger partial charge on any atom is -0.507 e. The Kier molecular flexibility index (Phi) is 6.82. The van der Waals surface area contributed by atoms with Crippen molar-refractivity contribution in [3.05, 3.63) is 59.7 Å². The number of ether oxygens (including phenoxy) is 1. The Hall–Kier alpha value is -2.33. The molecule has 0 heterocycles. The Morgan fingerprint density at radius 2 is 1.83 bits per heavy atom. The van der Waals surface area contributed by atoms with E-state index >= 15 is 0 Å². The molecular formula is C20H27N2O2+. The van der Waals surface area contributed by atoms with Crippen LogP contribution in [0.1, 0.15) is 31.0 Å². The molecule has 0 aliphatic carbocycles. The number of aliphatic imine (C=N–C) groups is 1. The molecule has 0 spiro atoms. The minimum atomic E-state index is 0.214. The average Bonchev–Trinajstić information content (AvgIpc) is 2.63.